The minimum Gasteiger partial charge on any atom is -0.509 e. The van der Waals surface area contributed by atoms with E-state index in [1.54, 1.807) is 0 Å². The number of ether oxygens (including phenoxy) is 1. The third-order valence-electron chi connectivity index (χ3n) is 9.23. The number of hydrogen-bond donors (Lipinski definition) is 0. The molecule has 7 rings (SSSR count). The second-order valence-electron chi connectivity index (χ2n) is 16.4. The average molecular weight is 765 g/mol. The van der Waals surface area contributed by atoms with Gasteiger partial charge in [0.1, 0.15) is 5.82 Å². The van der Waals surface area contributed by atoms with Crippen LogP contribution in [0.3, 0.4) is 0 Å². The Labute approximate surface area is 316 Å². The van der Waals surface area contributed by atoms with E-state index in [-0.39, 0.29) is 36.7 Å². The zero-order chi connectivity index (χ0) is 35.6. The van der Waals surface area contributed by atoms with E-state index in [2.05, 4.69) is 157 Å². The predicted octanol–water partition coefficient (Wildman–Crippen LogP) is 11.6. The Morgan fingerprint density at radius 3 is 2.04 bits per heavy atom. The summed E-state index contributed by atoms with van der Waals surface area (Å²) in [4.78, 5) is 4.72. The third kappa shape index (κ3) is 6.93. The summed E-state index contributed by atoms with van der Waals surface area (Å²) in [7, 11) is 0. The Balaban J connectivity index is 0.00000448. The summed E-state index contributed by atoms with van der Waals surface area (Å²) in [5.74, 6) is 2.05. The molecule has 0 aliphatic rings. The summed E-state index contributed by atoms with van der Waals surface area (Å²) in [6.07, 6.45) is 1.85. The molecule has 3 heterocycles. The Bertz CT molecular complexity index is 2360. The topological polar surface area (TPSA) is 44.9 Å². The van der Waals surface area contributed by atoms with Crippen LogP contribution in [0, 0.1) is 19.1 Å². The minimum atomic E-state index is -0.213. The normalized spacial score (nSPS) is 12.4. The molecular weight excluding hydrogens is 719 g/mol. The van der Waals surface area contributed by atoms with Crippen LogP contribution >= 0.6 is 0 Å². The number of nitrogens with zero attached hydrogens (tertiary/aromatic N) is 4. The van der Waals surface area contributed by atoms with Gasteiger partial charge in [0.05, 0.1) is 11.4 Å². The van der Waals surface area contributed by atoms with Crippen LogP contribution in [0.2, 0.25) is 0 Å². The first-order valence-electron chi connectivity index (χ1n) is 17.4. The van der Waals surface area contributed by atoms with Gasteiger partial charge < -0.3 is 9.30 Å². The molecule has 0 aliphatic carbocycles. The minimum absolute atomic E-state index is 0. The van der Waals surface area contributed by atoms with E-state index in [1.807, 2.05) is 30.5 Å². The number of aryl methyl sites for hydroxylation is 1. The Morgan fingerprint density at radius 1 is 0.667 bits per heavy atom. The van der Waals surface area contributed by atoms with Crippen molar-refractivity contribution >= 4 is 21.8 Å². The molecule has 0 saturated carbocycles. The van der Waals surface area contributed by atoms with Crippen molar-refractivity contribution in [2.45, 2.75) is 85.5 Å². The number of benzene rings is 4. The maximum atomic E-state index is 6.53. The molecule has 0 bridgehead atoms. The molecular formula is C45H46N4OPd. The van der Waals surface area contributed by atoms with E-state index < -0.39 is 0 Å². The molecule has 5 nitrogen and oxygen atoms in total. The molecule has 6 heteroatoms. The zero-order valence-corrected chi connectivity index (χ0v) is 32.8. The molecule has 3 aromatic heterocycles. The van der Waals surface area contributed by atoms with E-state index in [0.29, 0.717) is 11.5 Å². The van der Waals surface area contributed by atoms with Gasteiger partial charge in [-0.3, -0.25) is 4.68 Å². The fraction of sp³-hybridized carbons (Fsp3) is 0.289. The van der Waals surface area contributed by atoms with E-state index in [4.69, 9.17) is 14.8 Å². The fourth-order valence-electron chi connectivity index (χ4n) is 6.77. The van der Waals surface area contributed by atoms with Crippen molar-refractivity contribution in [2.24, 2.45) is 0 Å². The summed E-state index contributed by atoms with van der Waals surface area (Å²) in [5, 5.41) is 7.59. The maximum Gasteiger partial charge on any atom is 2.00 e. The molecule has 0 N–H and O–H groups in total. The Hall–Kier alpha value is -4.50. The standard InChI is InChI=1S/C45H46N4O.Pd/c1-29-24-25-46-39(26-29)48-37-17-12-11-16-35(37)36-23-22-34(28-38(36)48)50-33-15-13-14-32(27-33)49-42(45(8,9)10)40(41(47-49)44(5,6)7)30-18-20-31(21-19-30)43(2,3)4;/h11-26H,1-10H3;/q-2;+2. The van der Waals surface area contributed by atoms with Gasteiger partial charge in [-0.15, -0.1) is 35.7 Å². The van der Waals surface area contributed by atoms with Gasteiger partial charge in [-0.25, -0.2) is 4.98 Å². The molecule has 0 radical (unpaired) electrons. The van der Waals surface area contributed by atoms with Crippen LogP contribution in [-0.2, 0) is 36.7 Å². The number of para-hydroxylation sites is 1. The molecule has 0 fully saturated rings. The first kappa shape index (κ1) is 36.3. The second kappa shape index (κ2) is 13.2. The monoisotopic (exact) mass is 764 g/mol. The molecule has 51 heavy (non-hydrogen) atoms. The first-order chi connectivity index (χ1) is 23.6. The van der Waals surface area contributed by atoms with Crippen molar-refractivity contribution in [2.75, 3.05) is 0 Å². The van der Waals surface area contributed by atoms with Crippen molar-refractivity contribution in [1.82, 2.24) is 19.3 Å². The van der Waals surface area contributed by atoms with E-state index in [1.165, 1.54) is 16.7 Å². The van der Waals surface area contributed by atoms with E-state index >= 15 is 0 Å². The molecule has 262 valence electrons. The van der Waals surface area contributed by atoms with Gasteiger partial charge in [0, 0.05) is 39.6 Å². The van der Waals surface area contributed by atoms with Crippen LogP contribution in [0.1, 0.15) is 84.8 Å². The number of fused-ring (bicyclic) bond motifs is 3. The number of aromatic nitrogens is 4. The quantitative estimate of drug-likeness (QED) is 0.129. The summed E-state index contributed by atoms with van der Waals surface area (Å²) >= 11 is 0. The number of pyridine rings is 1. The van der Waals surface area contributed by atoms with Crippen LogP contribution in [0.4, 0.5) is 0 Å². The van der Waals surface area contributed by atoms with E-state index in [9.17, 15) is 0 Å². The molecule has 0 amide bonds. The van der Waals surface area contributed by atoms with Crippen molar-refractivity contribution in [3.63, 3.8) is 0 Å². The Morgan fingerprint density at radius 2 is 1.37 bits per heavy atom. The van der Waals surface area contributed by atoms with Crippen molar-refractivity contribution < 1.29 is 25.2 Å². The zero-order valence-electron chi connectivity index (χ0n) is 31.3. The average Bonchev–Trinajstić information content (AvgIpc) is 3.62. The van der Waals surface area contributed by atoms with Gasteiger partial charge in [-0.1, -0.05) is 110 Å². The van der Waals surface area contributed by atoms with Gasteiger partial charge in [-0.2, -0.15) is 17.2 Å². The molecule has 7 aromatic rings. The summed E-state index contributed by atoms with van der Waals surface area (Å²) in [6.45, 7) is 22.3. The SMILES string of the molecule is Cc1ccnc(-n2c3[c-]c(Oc4[c-]c(-n5nc(C(C)(C)C)c(-c6ccc(C(C)(C)C)cc6)c5C(C)(C)C)ccc4)ccc3c3ccccc32)c1.[Pd+2]. The van der Waals surface area contributed by atoms with Gasteiger partial charge >= 0.3 is 20.4 Å². The van der Waals surface area contributed by atoms with E-state index in [0.717, 1.165) is 50.3 Å². The van der Waals surface area contributed by atoms with Crippen LogP contribution in [0.5, 0.6) is 11.5 Å². The molecule has 0 spiro atoms. The predicted molar refractivity (Wildman–Crippen MR) is 206 cm³/mol. The number of rotatable bonds is 5. The second-order valence-corrected chi connectivity index (χ2v) is 16.4. The molecule has 4 aromatic carbocycles. The van der Waals surface area contributed by atoms with Crippen molar-refractivity contribution in [3.05, 3.63) is 132 Å². The van der Waals surface area contributed by atoms with Crippen LogP contribution in [0.25, 0.3) is 44.4 Å². The third-order valence-corrected chi connectivity index (χ3v) is 9.23. The summed E-state index contributed by atoms with van der Waals surface area (Å²) in [5.41, 5.74) is 9.51. The Kier molecular flexibility index (Phi) is 9.42. The molecule has 0 saturated heterocycles. The van der Waals surface area contributed by atoms with Crippen LogP contribution in [0.15, 0.2) is 97.2 Å². The first-order valence-corrected chi connectivity index (χ1v) is 17.4. The summed E-state index contributed by atoms with van der Waals surface area (Å²) in [6, 6.07) is 38.8. The van der Waals surface area contributed by atoms with Crippen LogP contribution < -0.4 is 4.74 Å². The van der Waals surface area contributed by atoms with Gasteiger partial charge in [0.2, 0.25) is 0 Å². The summed E-state index contributed by atoms with van der Waals surface area (Å²) < 4.78 is 10.8. The van der Waals surface area contributed by atoms with Gasteiger partial charge in [0.15, 0.2) is 0 Å². The molecule has 0 aliphatic heterocycles. The molecule has 0 atom stereocenters. The largest absolute Gasteiger partial charge is 2.00 e. The fourth-order valence-corrected chi connectivity index (χ4v) is 6.77. The van der Waals surface area contributed by atoms with Gasteiger partial charge in [-0.05, 0) is 58.3 Å². The maximum absolute atomic E-state index is 6.53. The van der Waals surface area contributed by atoms with Crippen LogP contribution in [-0.4, -0.2) is 19.3 Å². The number of hydrogen-bond acceptors (Lipinski definition) is 3. The van der Waals surface area contributed by atoms with Gasteiger partial charge in [0.25, 0.3) is 0 Å². The molecule has 0 unspecified atom stereocenters. The smallest absolute Gasteiger partial charge is 0.509 e. The van der Waals surface area contributed by atoms with Crippen molar-refractivity contribution in [3.8, 4) is 34.1 Å². The van der Waals surface area contributed by atoms with Crippen molar-refractivity contribution in [1.29, 1.82) is 0 Å².